The Kier molecular flexibility index (Phi) is 7.40. The van der Waals surface area contributed by atoms with Gasteiger partial charge in [0.25, 0.3) is 0 Å². The van der Waals surface area contributed by atoms with Crippen LogP contribution in [0.2, 0.25) is 0 Å². The molecule has 0 saturated heterocycles. The van der Waals surface area contributed by atoms with Crippen molar-refractivity contribution < 1.29 is 23.7 Å². The van der Waals surface area contributed by atoms with Crippen molar-refractivity contribution in [3.8, 4) is 5.75 Å². The molecule has 0 aliphatic carbocycles. The number of aliphatic hydroxyl groups is 1. The predicted molar refractivity (Wildman–Crippen MR) is 69.8 cm³/mol. The Morgan fingerprint density at radius 1 is 1.21 bits per heavy atom. The van der Waals surface area contributed by atoms with E-state index in [-0.39, 0.29) is 5.82 Å². The molecule has 1 rings (SSSR count). The largest absolute Gasteiger partial charge is 0.491 e. The van der Waals surface area contributed by atoms with Gasteiger partial charge in [0.05, 0.1) is 12.7 Å². The van der Waals surface area contributed by atoms with E-state index in [0.29, 0.717) is 37.7 Å². The predicted octanol–water partition coefficient (Wildman–Crippen LogP) is 2.31. The molecular formula is C14H21FO4. The Balaban J connectivity index is 2.33. The second-order valence-electron chi connectivity index (χ2n) is 4.17. The molecule has 0 aromatic heterocycles. The summed E-state index contributed by atoms with van der Waals surface area (Å²) in [6.45, 7) is 3.66. The standard InChI is InChI=1S/C14H21FO4/c1-11(16)13-10-12(15)4-5-14(13)19-9-8-18-7-3-6-17-2/h4-5,10-11,16H,3,6-9H2,1-2H3. The van der Waals surface area contributed by atoms with E-state index in [1.165, 1.54) is 18.2 Å². The monoisotopic (exact) mass is 272 g/mol. The third kappa shape index (κ3) is 6.00. The van der Waals surface area contributed by atoms with Crippen molar-refractivity contribution in [3.63, 3.8) is 0 Å². The summed E-state index contributed by atoms with van der Waals surface area (Å²) in [6.07, 6.45) is 0.0692. The minimum Gasteiger partial charge on any atom is -0.491 e. The summed E-state index contributed by atoms with van der Waals surface area (Å²) in [6, 6.07) is 4.10. The van der Waals surface area contributed by atoms with Crippen LogP contribution in [0.25, 0.3) is 0 Å². The van der Waals surface area contributed by atoms with Gasteiger partial charge in [0, 0.05) is 25.9 Å². The zero-order chi connectivity index (χ0) is 14.1. The number of methoxy groups -OCH3 is 1. The highest BCUT2D eigenvalue weighted by Crippen LogP contribution is 2.25. The molecule has 1 unspecified atom stereocenters. The smallest absolute Gasteiger partial charge is 0.125 e. The molecule has 1 aromatic carbocycles. The van der Waals surface area contributed by atoms with Gasteiger partial charge in [-0.2, -0.15) is 0 Å². The highest BCUT2D eigenvalue weighted by atomic mass is 19.1. The van der Waals surface area contributed by atoms with Crippen LogP contribution in [0.4, 0.5) is 4.39 Å². The van der Waals surface area contributed by atoms with Gasteiger partial charge in [0.15, 0.2) is 0 Å². The zero-order valence-corrected chi connectivity index (χ0v) is 11.4. The first-order valence-corrected chi connectivity index (χ1v) is 6.32. The third-order valence-electron chi connectivity index (χ3n) is 2.54. The number of hydrogen-bond donors (Lipinski definition) is 1. The maximum absolute atomic E-state index is 13.1. The van der Waals surface area contributed by atoms with Crippen LogP contribution in [0.5, 0.6) is 5.75 Å². The molecule has 5 heteroatoms. The van der Waals surface area contributed by atoms with E-state index >= 15 is 0 Å². The van der Waals surface area contributed by atoms with E-state index in [9.17, 15) is 9.50 Å². The van der Waals surface area contributed by atoms with Crippen molar-refractivity contribution in [2.45, 2.75) is 19.4 Å². The maximum Gasteiger partial charge on any atom is 0.125 e. The van der Waals surface area contributed by atoms with Crippen LogP contribution < -0.4 is 4.74 Å². The van der Waals surface area contributed by atoms with Crippen molar-refractivity contribution in [2.24, 2.45) is 0 Å². The highest BCUT2D eigenvalue weighted by Gasteiger charge is 2.10. The van der Waals surface area contributed by atoms with E-state index in [4.69, 9.17) is 14.2 Å². The number of rotatable bonds is 9. The van der Waals surface area contributed by atoms with Crippen LogP contribution in [-0.4, -0.2) is 38.6 Å². The summed E-state index contributed by atoms with van der Waals surface area (Å²) >= 11 is 0. The summed E-state index contributed by atoms with van der Waals surface area (Å²) in [5.41, 5.74) is 0.444. The van der Waals surface area contributed by atoms with Crippen LogP contribution in [0.1, 0.15) is 25.0 Å². The van der Waals surface area contributed by atoms with Gasteiger partial charge in [0.2, 0.25) is 0 Å². The van der Waals surface area contributed by atoms with Crippen molar-refractivity contribution in [1.82, 2.24) is 0 Å². The molecule has 1 N–H and O–H groups in total. The van der Waals surface area contributed by atoms with E-state index in [0.717, 1.165) is 6.42 Å². The summed E-state index contributed by atoms with van der Waals surface area (Å²) < 4.78 is 28.8. The molecule has 0 spiro atoms. The Labute approximate surface area is 113 Å². The van der Waals surface area contributed by atoms with Gasteiger partial charge in [-0.1, -0.05) is 0 Å². The highest BCUT2D eigenvalue weighted by molar-refractivity contribution is 5.35. The molecule has 4 nitrogen and oxygen atoms in total. The van der Waals surface area contributed by atoms with Crippen molar-refractivity contribution in [1.29, 1.82) is 0 Å². The molecule has 0 bridgehead atoms. The lowest BCUT2D eigenvalue weighted by molar-refractivity contribution is 0.0794. The van der Waals surface area contributed by atoms with Gasteiger partial charge in [-0.15, -0.1) is 0 Å². The molecule has 0 aliphatic heterocycles. The number of hydrogen-bond acceptors (Lipinski definition) is 4. The lowest BCUT2D eigenvalue weighted by Crippen LogP contribution is -2.10. The van der Waals surface area contributed by atoms with E-state index in [1.54, 1.807) is 14.0 Å². The molecule has 1 aromatic rings. The number of halogens is 1. The summed E-state index contributed by atoms with van der Waals surface area (Å²) in [4.78, 5) is 0. The number of benzene rings is 1. The SMILES string of the molecule is COCCCOCCOc1ccc(F)cc1C(C)O. The van der Waals surface area contributed by atoms with E-state index in [1.807, 2.05) is 0 Å². The summed E-state index contributed by atoms with van der Waals surface area (Å²) in [7, 11) is 1.65. The van der Waals surface area contributed by atoms with Gasteiger partial charge in [-0.25, -0.2) is 4.39 Å². The van der Waals surface area contributed by atoms with Gasteiger partial charge < -0.3 is 19.3 Å². The minimum atomic E-state index is -0.770. The quantitative estimate of drug-likeness (QED) is 0.701. The second-order valence-corrected chi connectivity index (χ2v) is 4.17. The zero-order valence-electron chi connectivity index (χ0n) is 11.4. The number of ether oxygens (including phenoxy) is 3. The molecule has 0 aliphatic rings. The molecule has 1 atom stereocenters. The first-order valence-electron chi connectivity index (χ1n) is 6.32. The third-order valence-corrected chi connectivity index (χ3v) is 2.54. The normalized spacial score (nSPS) is 12.4. The van der Waals surface area contributed by atoms with Crippen LogP contribution >= 0.6 is 0 Å². The van der Waals surface area contributed by atoms with Gasteiger partial charge in [-0.05, 0) is 31.5 Å². The lowest BCUT2D eigenvalue weighted by atomic mass is 10.1. The second kappa shape index (κ2) is 8.85. The van der Waals surface area contributed by atoms with E-state index in [2.05, 4.69) is 0 Å². The summed E-state index contributed by atoms with van der Waals surface area (Å²) in [5, 5.41) is 9.54. The Hall–Kier alpha value is -1.17. The van der Waals surface area contributed by atoms with Crippen molar-refractivity contribution in [2.75, 3.05) is 33.5 Å². The molecule has 0 saturated carbocycles. The molecule has 0 heterocycles. The average Bonchev–Trinajstić information content (AvgIpc) is 2.39. The molecular weight excluding hydrogens is 251 g/mol. The fourth-order valence-corrected chi connectivity index (χ4v) is 1.60. The molecule has 0 amide bonds. The fourth-order valence-electron chi connectivity index (χ4n) is 1.60. The Bertz CT molecular complexity index is 368. The van der Waals surface area contributed by atoms with Crippen LogP contribution in [0.3, 0.4) is 0 Å². The molecule has 19 heavy (non-hydrogen) atoms. The fraction of sp³-hybridized carbons (Fsp3) is 0.571. The Morgan fingerprint density at radius 3 is 2.68 bits per heavy atom. The van der Waals surface area contributed by atoms with Crippen molar-refractivity contribution in [3.05, 3.63) is 29.6 Å². The van der Waals surface area contributed by atoms with Crippen LogP contribution in [-0.2, 0) is 9.47 Å². The van der Waals surface area contributed by atoms with Crippen LogP contribution in [0, 0.1) is 5.82 Å². The van der Waals surface area contributed by atoms with Crippen LogP contribution in [0.15, 0.2) is 18.2 Å². The van der Waals surface area contributed by atoms with E-state index < -0.39 is 6.10 Å². The first-order chi connectivity index (χ1) is 9.15. The Morgan fingerprint density at radius 2 is 2.00 bits per heavy atom. The maximum atomic E-state index is 13.1. The van der Waals surface area contributed by atoms with Gasteiger partial charge in [-0.3, -0.25) is 0 Å². The van der Waals surface area contributed by atoms with Crippen molar-refractivity contribution >= 4 is 0 Å². The minimum absolute atomic E-state index is 0.359. The van der Waals surface area contributed by atoms with Gasteiger partial charge >= 0.3 is 0 Å². The lowest BCUT2D eigenvalue weighted by Gasteiger charge is -2.13. The number of aliphatic hydroxyl groups excluding tert-OH is 1. The molecule has 0 radical (unpaired) electrons. The molecule has 108 valence electrons. The topological polar surface area (TPSA) is 47.9 Å². The molecule has 0 fully saturated rings. The van der Waals surface area contributed by atoms with Gasteiger partial charge in [0.1, 0.15) is 18.2 Å². The first kappa shape index (κ1) is 15.9. The average molecular weight is 272 g/mol. The summed E-state index contributed by atoms with van der Waals surface area (Å²) in [5.74, 6) is 0.0935.